The van der Waals surface area contributed by atoms with Gasteiger partial charge < -0.3 is 24.7 Å². The van der Waals surface area contributed by atoms with Gasteiger partial charge in [0.1, 0.15) is 17.9 Å². The van der Waals surface area contributed by atoms with Crippen molar-refractivity contribution in [1.29, 1.82) is 0 Å². The van der Waals surface area contributed by atoms with Crippen molar-refractivity contribution >= 4 is 11.7 Å². The van der Waals surface area contributed by atoms with Gasteiger partial charge in [0.2, 0.25) is 0 Å². The standard InChI is InChI=1S/C15H23NO5/c1-3-20-13-7-4-6-12(16)14(13)15(17)21-11-10-19-9-5-8-18-2/h4,6-7H,3,5,8-11,16H2,1-2H3. The Labute approximate surface area is 125 Å². The minimum Gasteiger partial charge on any atom is -0.493 e. The Hall–Kier alpha value is -1.79. The smallest absolute Gasteiger partial charge is 0.344 e. The summed E-state index contributed by atoms with van der Waals surface area (Å²) < 4.78 is 20.7. The SMILES string of the molecule is CCOc1cccc(N)c1C(=O)OCCOCCCOC. The predicted molar refractivity (Wildman–Crippen MR) is 79.6 cm³/mol. The van der Waals surface area contributed by atoms with Gasteiger partial charge in [0, 0.05) is 26.0 Å². The highest BCUT2D eigenvalue weighted by atomic mass is 16.6. The van der Waals surface area contributed by atoms with Gasteiger partial charge in [-0.1, -0.05) is 6.07 Å². The lowest BCUT2D eigenvalue weighted by Crippen LogP contribution is -2.14. The zero-order chi connectivity index (χ0) is 15.5. The van der Waals surface area contributed by atoms with Gasteiger partial charge in [0.25, 0.3) is 0 Å². The van der Waals surface area contributed by atoms with Crippen LogP contribution in [0.3, 0.4) is 0 Å². The monoisotopic (exact) mass is 297 g/mol. The van der Waals surface area contributed by atoms with E-state index in [2.05, 4.69) is 0 Å². The molecule has 0 aliphatic carbocycles. The molecule has 0 saturated carbocycles. The van der Waals surface area contributed by atoms with Crippen molar-refractivity contribution in [2.45, 2.75) is 13.3 Å². The molecule has 0 aliphatic heterocycles. The van der Waals surface area contributed by atoms with Crippen LogP contribution in [-0.4, -0.2) is 46.1 Å². The number of ether oxygens (including phenoxy) is 4. The molecule has 21 heavy (non-hydrogen) atoms. The second kappa shape index (κ2) is 10.0. The zero-order valence-corrected chi connectivity index (χ0v) is 12.6. The van der Waals surface area contributed by atoms with E-state index in [1.54, 1.807) is 25.3 Å². The summed E-state index contributed by atoms with van der Waals surface area (Å²) in [5, 5.41) is 0. The second-order valence-electron chi connectivity index (χ2n) is 4.25. The average Bonchev–Trinajstić information content (AvgIpc) is 2.46. The third kappa shape index (κ3) is 6.01. The molecule has 1 aromatic rings. The lowest BCUT2D eigenvalue weighted by Gasteiger charge is -2.12. The maximum absolute atomic E-state index is 12.0. The van der Waals surface area contributed by atoms with Gasteiger partial charge in [0.15, 0.2) is 0 Å². The van der Waals surface area contributed by atoms with E-state index >= 15 is 0 Å². The molecule has 0 heterocycles. The lowest BCUT2D eigenvalue weighted by atomic mass is 10.1. The van der Waals surface area contributed by atoms with E-state index in [-0.39, 0.29) is 12.2 Å². The van der Waals surface area contributed by atoms with Crippen LogP contribution in [0.15, 0.2) is 18.2 Å². The third-order valence-electron chi connectivity index (χ3n) is 2.66. The number of esters is 1. The molecule has 6 heteroatoms. The van der Waals surface area contributed by atoms with Crippen LogP contribution in [0.1, 0.15) is 23.7 Å². The molecule has 1 rings (SSSR count). The van der Waals surface area contributed by atoms with Crippen LogP contribution in [0.2, 0.25) is 0 Å². The minimum absolute atomic E-state index is 0.172. The Kier molecular flexibility index (Phi) is 8.23. The van der Waals surface area contributed by atoms with Crippen LogP contribution in [0, 0.1) is 0 Å². The van der Waals surface area contributed by atoms with Gasteiger partial charge in [-0.15, -0.1) is 0 Å². The molecule has 0 radical (unpaired) electrons. The van der Waals surface area contributed by atoms with E-state index in [1.165, 1.54) is 0 Å². The molecule has 0 atom stereocenters. The van der Waals surface area contributed by atoms with Crippen LogP contribution in [-0.2, 0) is 14.2 Å². The first-order valence-electron chi connectivity index (χ1n) is 6.95. The Bertz CT molecular complexity index is 436. The van der Waals surface area contributed by atoms with Crippen LogP contribution >= 0.6 is 0 Å². The molecule has 1 aromatic carbocycles. The van der Waals surface area contributed by atoms with Gasteiger partial charge in [-0.05, 0) is 25.5 Å². The maximum Gasteiger partial charge on any atom is 0.344 e. The normalized spacial score (nSPS) is 10.4. The van der Waals surface area contributed by atoms with E-state index in [1.807, 2.05) is 6.92 Å². The van der Waals surface area contributed by atoms with Gasteiger partial charge in [0.05, 0.1) is 13.2 Å². The predicted octanol–water partition coefficient (Wildman–Crippen LogP) is 1.88. The molecule has 2 N–H and O–H groups in total. The van der Waals surface area contributed by atoms with E-state index in [0.717, 1.165) is 6.42 Å². The van der Waals surface area contributed by atoms with Crippen molar-refractivity contribution in [3.05, 3.63) is 23.8 Å². The summed E-state index contributed by atoms with van der Waals surface area (Å²) in [7, 11) is 1.64. The summed E-state index contributed by atoms with van der Waals surface area (Å²) in [5.74, 6) is -0.0689. The number of hydrogen-bond donors (Lipinski definition) is 1. The summed E-state index contributed by atoms with van der Waals surface area (Å²) in [4.78, 5) is 12.0. The van der Waals surface area contributed by atoms with Gasteiger partial charge in [-0.3, -0.25) is 0 Å². The molecule has 0 aliphatic rings. The first-order chi connectivity index (χ1) is 10.2. The van der Waals surface area contributed by atoms with Gasteiger partial charge in [-0.2, -0.15) is 0 Å². The summed E-state index contributed by atoms with van der Waals surface area (Å²) in [5.41, 5.74) is 6.41. The highest BCUT2D eigenvalue weighted by Crippen LogP contribution is 2.25. The van der Waals surface area contributed by atoms with E-state index < -0.39 is 5.97 Å². The van der Waals surface area contributed by atoms with E-state index in [9.17, 15) is 4.79 Å². The zero-order valence-electron chi connectivity index (χ0n) is 12.6. The number of rotatable bonds is 10. The largest absolute Gasteiger partial charge is 0.493 e. The molecular formula is C15H23NO5. The van der Waals surface area contributed by atoms with Crippen molar-refractivity contribution in [2.75, 3.05) is 45.9 Å². The molecule has 0 unspecified atom stereocenters. The Balaban J connectivity index is 2.41. The highest BCUT2D eigenvalue weighted by Gasteiger charge is 2.17. The molecule has 0 amide bonds. The molecular weight excluding hydrogens is 274 g/mol. The lowest BCUT2D eigenvalue weighted by molar-refractivity contribution is 0.0286. The Morgan fingerprint density at radius 3 is 2.71 bits per heavy atom. The van der Waals surface area contributed by atoms with Crippen molar-refractivity contribution < 1.29 is 23.7 Å². The van der Waals surface area contributed by atoms with Crippen molar-refractivity contribution in [1.82, 2.24) is 0 Å². The second-order valence-corrected chi connectivity index (χ2v) is 4.25. The number of carbonyl (C=O) groups is 1. The van der Waals surface area contributed by atoms with Crippen molar-refractivity contribution in [3.8, 4) is 5.75 Å². The first kappa shape index (κ1) is 17.3. The number of benzene rings is 1. The summed E-state index contributed by atoms with van der Waals surface area (Å²) in [6.45, 7) is 4.03. The summed E-state index contributed by atoms with van der Waals surface area (Å²) >= 11 is 0. The topological polar surface area (TPSA) is 80.0 Å². The summed E-state index contributed by atoms with van der Waals surface area (Å²) in [6.07, 6.45) is 0.810. The fraction of sp³-hybridized carbons (Fsp3) is 0.533. The van der Waals surface area contributed by atoms with Crippen molar-refractivity contribution in [3.63, 3.8) is 0 Å². The minimum atomic E-state index is -0.503. The van der Waals surface area contributed by atoms with E-state index in [0.29, 0.717) is 37.9 Å². The van der Waals surface area contributed by atoms with Gasteiger partial charge in [-0.25, -0.2) is 4.79 Å². The summed E-state index contributed by atoms with van der Waals surface area (Å²) in [6, 6.07) is 5.06. The number of carbonyl (C=O) groups excluding carboxylic acids is 1. The molecule has 0 spiro atoms. The molecule has 118 valence electrons. The average molecular weight is 297 g/mol. The number of nitrogens with two attached hydrogens (primary N) is 1. The molecule has 0 bridgehead atoms. The van der Waals surface area contributed by atoms with Crippen LogP contribution < -0.4 is 10.5 Å². The number of methoxy groups -OCH3 is 1. The highest BCUT2D eigenvalue weighted by molar-refractivity contribution is 5.98. The Morgan fingerprint density at radius 2 is 2.00 bits per heavy atom. The first-order valence-corrected chi connectivity index (χ1v) is 6.95. The van der Waals surface area contributed by atoms with E-state index in [4.69, 9.17) is 24.7 Å². The quantitative estimate of drug-likeness (QED) is 0.403. The van der Waals surface area contributed by atoms with Crippen LogP contribution in [0.25, 0.3) is 0 Å². The third-order valence-corrected chi connectivity index (χ3v) is 2.66. The number of nitrogen functional groups attached to an aromatic ring is 1. The van der Waals surface area contributed by atoms with Crippen LogP contribution in [0.5, 0.6) is 5.75 Å². The fourth-order valence-corrected chi connectivity index (χ4v) is 1.72. The van der Waals surface area contributed by atoms with Crippen molar-refractivity contribution in [2.24, 2.45) is 0 Å². The maximum atomic E-state index is 12.0. The molecule has 0 saturated heterocycles. The molecule has 0 fully saturated rings. The molecule has 6 nitrogen and oxygen atoms in total. The van der Waals surface area contributed by atoms with Crippen LogP contribution in [0.4, 0.5) is 5.69 Å². The van der Waals surface area contributed by atoms with Gasteiger partial charge >= 0.3 is 5.97 Å². The Morgan fingerprint density at radius 1 is 1.19 bits per heavy atom. The number of hydrogen-bond acceptors (Lipinski definition) is 6. The molecule has 0 aromatic heterocycles. The fourth-order valence-electron chi connectivity index (χ4n) is 1.72. The number of anilines is 1.